The highest BCUT2D eigenvalue weighted by Crippen LogP contribution is 2.27. The Balaban J connectivity index is -0.000000107. The Morgan fingerprint density at radius 2 is 1.21 bits per heavy atom. The number of allylic oxidation sites excluding steroid dienone is 2. The first-order valence-corrected chi connectivity index (χ1v) is 11.8. The molecule has 2 aromatic rings. The molecule has 2 N–H and O–H groups in total. The highest BCUT2D eigenvalue weighted by atomic mass is 79.9. The molecule has 0 fully saturated rings. The van der Waals surface area contributed by atoms with E-state index < -0.39 is 0 Å². The number of hydrogen-bond acceptors (Lipinski definition) is 3. The summed E-state index contributed by atoms with van der Waals surface area (Å²) in [5.41, 5.74) is 1.33. The van der Waals surface area contributed by atoms with Crippen molar-refractivity contribution < 1.29 is 10.2 Å². The number of phenolic OH excluding ortho intramolecular Hbond substituents is 2. The van der Waals surface area contributed by atoms with E-state index in [1.54, 1.807) is 36.4 Å². The van der Waals surface area contributed by atoms with Crippen LogP contribution in [-0.4, -0.2) is 10.2 Å². The van der Waals surface area contributed by atoms with Gasteiger partial charge in [-0.25, -0.2) is 0 Å². The molecule has 4 heteroatoms. The van der Waals surface area contributed by atoms with Gasteiger partial charge >= 0.3 is 0 Å². The third kappa shape index (κ3) is 29.5. The lowest BCUT2D eigenvalue weighted by molar-refractivity contribution is 0.437. The smallest absolute Gasteiger partial charge is 0.122 e. The molecule has 0 aromatic heterocycles. The molecule has 0 aliphatic carbocycles. The lowest BCUT2D eigenvalue weighted by Crippen LogP contribution is -1.84. The van der Waals surface area contributed by atoms with Crippen molar-refractivity contribution in [2.45, 2.75) is 81.6 Å². The monoisotopic (exact) mass is 521 g/mol. The second kappa shape index (κ2) is 34.1. The standard InChI is InChI=1S/C9H12O2.C7H4BrN.2C3H8.2C3H6.CH4/c1-2-4-7-8(10)5-3-6-9(7)11;8-7-4-2-1-3-6(7)5-9;4*1-3-2;/h3,5-6,10-11H,2,4H2,1H3;1-4H;2*3H2,1-2H3;2*3H,1H2,2H3;1H4. The normalized spacial score (nSPS) is 7.48. The van der Waals surface area contributed by atoms with Crippen LogP contribution in [0.1, 0.15) is 86.3 Å². The largest absolute Gasteiger partial charge is 0.508 e. The third-order valence-corrected chi connectivity index (χ3v) is 3.31. The van der Waals surface area contributed by atoms with E-state index in [9.17, 15) is 10.2 Å². The number of halogens is 1. The van der Waals surface area contributed by atoms with Crippen molar-refractivity contribution in [3.63, 3.8) is 0 Å². The number of rotatable bonds is 2. The molecule has 3 nitrogen and oxygen atoms in total. The molecule has 0 saturated heterocycles. The SMILES string of the molecule is C.C=CC.C=CC.CCC.CCC.CCCc1c(O)cccc1O.N#Cc1ccccc1Br. The summed E-state index contributed by atoms with van der Waals surface area (Å²) in [6.45, 7) is 21.0. The van der Waals surface area contributed by atoms with E-state index in [1.807, 2.05) is 45.0 Å². The number of hydrogen-bond donors (Lipinski definition) is 2. The molecule has 0 saturated carbocycles. The van der Waals surface area contributed by atoms with Crippen molar-refractivity contribution in [2.75, 3.05) is 0 Å². The van der Waals surface area contributed by atoms with Crippen LogP contribution in [0.2, 0.25) is 0 Å². The summed E-state index contributed by atoms with van der Waals surface area (Å²) < 4.78 is 0.854. The zero-order chi connectivity index (χ0) is 25.8. The minimum absolute atomic E-state index is 0. The highest BCUT2D eigenvalue weighted by Gasteiger charge is 2.03. The minimum Gasteiger partial charge on any atom is -0.508 e. The molecule has 0 unspecified atom stereocenters. The molecule has 0 atom stereocenters. The van der Waals surface area contributed by atoms with E-state index in [-0.39, 0.29) is 18.9 Å². The van der Waals surface area contributed by atoms with E-state index in [0.717, 1.165) is 17.3 Å². The first-order chi connectivity index (χ1) is 15.3. The molecule has 33 heavy (non-hydrogen) atoms. The fourth-order valence-electron chi connectivity index (χ4n) is 1.62. The van der Waals surface area contributed by atoms with Gasteiger partial charge in [0.15, 0.2) is 0 Å². The predicted molar refractivity (Wildman–Crippen MR) is 153 cm³/mol. The molecular formula is C29H48BrNO2. The fraction of sp³-hybridized carbons (Fsp3) is 0.414. The zero-order valence-corrected chi connectivity index (χ0v) is 22.7. The average Bonchev–Trinajstić information content (AvgIpc) is 2.74. The number of nitriles is 1. The molecule has 0 spiro atoms. The molecule has 2 aromatic carbocycles. The molecule has 0 radical (unpaired) electrons. The zero-order valence-electron chi connectivity index (χ0n) is 21.2. The van der Waals surface area contributed by atoms with Crippen LogP contribution in [0.5, 0.6) is 11.5 Å². The lowest BCUT2D eigenvalue weighted by Gasteiger charge is -2.03. The predicted octanol–water partition coefficient (Wildman–Crippen LogP) is 10.2. The van der Waals surface area contributed by atoms with Gasteiger partial charge in [0.1, 0.15) is 17.6 Å². The summed E-state index contributed by atoms with van der Waals surface area (Å²) in [7, 11) is 0. The lowest BCUT2D eigenvalue weighted by atomic mass is 10.1. The van der Waals surface area contributed by atoms with Crippen LogP contribution in [-0.2, 0) is 6.42 Å². The van der Waals surface area contributed by atoms with Crippen molar-refractivity contribution in [3.8, 4) is 17.6 Å². The Bertz CT molecular complexity index is 694. The molecule has 0 heterocycles. The van der Waals surface area contributed by atoms with Crippen LogP contribution in [0.3, 0.4) is 0 Å². The maximum Gasteiger partial charge on any atom is 0.122 e. The van der Waals surface area contributed by atoms with Gasteiger partial charge in [0, 0.05) is 10.0 Å². The average molecular weight is 523 g/mol. The molecule has 2 rings (SSSR count). The van der Waals surface area contributed by atoms with Gasteiger partial charge in [-0.2, -0.15) is 5.26 Å². The van der Waals surface area contributed by atoms with Gasteiger partial charge in [0.25, 0.3) is 0 Å². The fourth-order valence-corrected chi connectivity index (χ4v) is 1.99. The van der Waals surface area contributed by atoms with E-state index in [2.05, 4.69) is 56.8 Å². The highest BCUT2D eigenvalue weighted by molar-refractivity contribution is 9.10. The van der Waals surface area contributed by atoms with Crippen LogP contribution in [0, 0.1) is 11.3 Å². The molecule has 0 aliphatic heterocycles. The third-order valence-electron chi connectivity index (χ3n) is 2.62. The Morgan fingerprint density at radius 3 is 1.48 bits per heavy atom. The Labute approximate surface area is 213 Å². The number of aromatic hydroxyl groups is 2. The topological polar surface area (TPSA) is 64.2 Å². The first kappa shape index (κ1) is 40.8. The Hall–Kier alpha value is -2.51. The Kier molecular flexibility index (Phi) is 42.2. The van der Waals surface area contributed by atoms with Gasteiger partial charge < -0.3 is 10.2 Å². The van der Waals surface area contributed by atoms with E-state index in [1.165, 1.54) is 12.8 Å². The quantitative estimate of drug-likeness (QED) is 0.386. The van der Waals surface area contributed by atoms with Gasteiger partial charge in [-0.05, 0) is 60.5 Å². The van der Waals surface area contributed by atoms with E-state index >= 15 is 0 Å². The number of nitrogens with zero attached hydrogens (tertiary/aromatic N) is 1. The summed E-state index contributed by atoms with van der Waals surface area (Å²) >= 11 is 3.23. The molecule has 188 valence electrons. The van der Waals surface area contributed by atoms with Crippen LogP contribution in [0.15, 0.2) is 72.2 Å². The maximum absolute atomic E-state index is 9.26. The van der Waals surface area contributed by atoms with Crippen LogP contribution in [0.25, 0.3) is 0 Å². The van der Waals surface area contributed by atoms with Crippen LogP contribution in [0.4, 0.5) is 0 Å². The minimum atomic E-state index is 0. The summed E-state index contributed by atoms with van der Waals surface area (Å²) in [4.78, 5) is 0. The molecule has 0 bridgehead atoms. The summed E-state index contributed by atoms with van der Waals surface area (Å²) in [5, 5.41) is 27.0. The Morgan fingerprint density at radius 1 is 0.848 bits per heavy atom. The van der Waals surface area contributed by atoms with Gasteiger partial charge in [-0.3, -0.25) is 0 Å². The van der Waals surface area contributed by atoms with Crippen molar-refractivity contribution in [3.05, 3.63) is 83.4 Å². The van der Waals surface area contributed by atoms with Crippen LogP contribution < -0.4 is 0 Å². The maximum atomic E-state index is 9.26. The summed E-state index contributed by atoms with van der Waals surface area (Å²) in [6.07, 6.45) is 7.64. The number of benzene rings is 2. The van der Waals surface area contributed by atoms with Gasteiger partial charge in [0.05, 0.1) is 5.56 Å². The second-order valence-corrected chi connectivity index (χ2v) is 7.20. The van der Waals surface area contributed by atoms with Gasteiger partial charge in [-0.15, -0.1) is 13.2 Å². The second-order valence-electron chi connectivity index (χ2n) is 6.35. The summed E-state index contributed by atoms with van der Waals surface area (Å²) in [6, 6.07) is 14.2. The van der Waals surface area contributed by atoms with Gasteiger partial charge in [-0.1, -0.05) is 91.7 Å². The van der Waals surface area contributed by atoms with Crippen molar-refractivity contribution >= 4 is 15.9 Å². The molecular weight excluding hydrogens is 474 g/mol. The molecule has 0 aliphatic rings. The molecule has 0 amide bonds. The number of phenols is 2. The van der Waals surface area contributed by atoms with E-state index in [0.29, 0.717) is 11.1 Å². The van der Waals surface area contributed by atoms with Crippen LogP contribution >= 0.6 is 15.9 Å². The summed E-state index contributed by atoms with van der Waals surface area (Å²) in [5.74, 6) is 0.374. The van der Waals surface area contributed by atoms with Crippen molar-refractivity contribution in [1.82, 2.24) is 0 Å². The van der Waals surface area contributed by atoms with Gasteiger partial charge in [0.2, 0.25) is 0 Å². The van der Waals surface area contributed by atoms with E-state index in [4.69, 9.17) is 5.26 Å². The van der Waals surface area contributed by atoms with Crippen molar-refractivity contribution in [2.24, 2.45) is 0 Å². The first-order valence-electron chi connectivity index (χ1n) is 11.0. The van der Waals surface area contributed by atoms with Crippen molar-refractivity contribution in [1.29, 1.82) is 5.26 Å².